The van der Waals surface area contributed by atoms with Gasteiger partial charge in [0, 0.05) is 6.54 Å². The summed E-state index contributed by atoms with van der Waals surface area (Å²) in [4.78, 5) is 24.2. The van der Waals surface area contributed by atoms with Gasteiger partial charge in [0.05, 0.1) is 19.3 Å². The number of amides is 2. The summed E-state index contributed by atoms with van der Waals surface area (Å²) in [6, 6.07) is -1.16. The summed E-state index contributed by atoms with van der Waals surface area (Å²) in [5, 5.41) is 11.3. The molecule has 1 saturated heterocycles. The molecule has 6 nitrogen and oxygen atoms in total. The minimum Gasteiger partial charge on any atom is -0.480 e. The van der Waals surface area contributed by atoms with E-state index in [9.17, 15) is 9.59 Å². The Hall–Kier alpha value is -1.30. The molecule has 1 heterocycles. The maximum absolute atomic E-state index is 11.8. The van der Waals surface area contributed by atoms with Crippen LogP contribution >= 0.6 is 0 Å². The van der Waals surface area contributed by atoms with Gasteiger partial charge in [-0.3, -0.25) is 0 Å². The predicted octanol–water partition coefficient (Wildman–Crippen LogP) is 0.280. The summed E-state index contributed by atoms with van der Waals surface area (Å²) >= 11 is 0. The Balaban J connectivity index is 2.52. The van der Waals surface area contributed by atoms with Gasteiger partial charge in [0.15, 0.2) is 0 Å². The van der Waals surface area contributed by atoms with Crippen LogP contribution in [0.2, 0.25) is 0 Å². The molecule has 1 aliphatic heterocycles. The van der Waals surface area contributed by atoms with Gasteiger partial charge in [0.25, 0.3) is 0 Å². The molecule has 2 atom stereocenters. The average molecular weight is 230 g/mol. The minimum atomic E-state index is -1.00. The van der Waals surface area contributed by atoms with Crippen LogP contribution in [-0.2, 0) is 9.53 Å². The van der Waals surface area contributed by atoms with Crippen molar-refractivity contribution in [1.82, 2.24) is 10.2 Å². The number of aliphatic carboxylic acids is 1. The summed E-state index contributed by atoms with van der Waals surface area (Å²) < 4.78 is 5.20. The molecular formula is C10H18N2O4. The third-order valence-corrected chi connectivity index (χ3v) is 2.63. The Bertz CT molecular complexity index is 270. The van der Waals surface area contributed by atoms with Crippen LogP contribution in [0.15, 0.2) is 0 Å². The Morgan fingerprint density at radius 1 is 1.62 bits per heavy atom. The predicted molar refractivity (Wildman–Crippen MR) is 57.2 cm³/mol. The van der Waals surface area contributed by atoms with Gasteiger partial charge in [-0.1, -0.05) is 6.92 Å². The summed E-state index contributed by atoms with van der Waals surface area (Å²) in [5.74, 6) is -1.00. The lowest BCUT2D eigenvalue weighted by Crippen LogP contribution is -2.54. The second kappa shape index (κ2) is 5.69. The highest BCUT2D eigenvalue weighted by Gasteiger charge is 2.26. The maximum Gasteiger partial charge on any atom is 0.326 e. The van der Waals surface area contributed by atoms with E-state index in [2.05, 4.69) is 5.32 Å². The Labute approximate surface area is 94.6 Å². The molecule has 0 radical (unpaired) electrons. The van der Waals surface area contributed by atoms with Gasteiger partial charge in [0.1, 0.15) is 6.04 Å². The van der Waals surface area contributed by atoms with Crippen molar-refractivity contribution >= 4 is 12.0 Å². The minimum absolute atomic E-state index is 0.0138. The van der Waals surface area contributed by atoms with Crippen molar-refractivity contribution in [1.29, 1.82) is 0 Å². The van der Waals surface area contributed by atoms with Crippen molar-refractivity contribution < 1.29 is 19.4 Å². The molecule has 2 N–H and O–H groups in total. The summed E-state index contributed by atoms with van der Waals surface area (Å²) in [5.41, 5.74) is 0. The third-order valence-electron chi connectivity index (χ3n) is 2.63. The fourth-order valence-electron chi connectivity index (χ4n) is 1.60. The van der Waals surface area contributed by atoms with E-state index in [0.29, 0.717) is 26.2 Å². The van der Waals surface area contributed by atoms with Crippen molar-refractivity contribution in [2.75, 3.05) is 19.8 Å². The van der Waals surface area contributed by atoms with Crippen LogP contribution in [-0.4, -0.2) is 53.8 Å². The first-order chi connectivity index (χ1) is 7.56. The smallest absolute Gasteiger partial charge is 0.326 e. The fraction of sp³-hybridized carbons (Fsp3) is 0.800. The van der Waals surface area contributed by atoms with E-state index in [4.69, 9.17) is 9.84 Å². The van der Waals surface area contributed by atoms with Gasteiger partial charge in [-0.15, -0.1) is 0 Å². The number of ether oxygens (including phenoxy) is 1. The SMILES string of the molecule is CCC(NC(=O)N1CCOCC1C)C(=O)O. The highest BCUT2D eigenvalue weighted by atomic mass is 16.5. The number of hydrogen-bond donors (Lipinski definition) is 2. The molecule has 2 unspecified atom stereocenters. The zero-order valence-electron chi connectivity index (χ0n) is 9.60. The number of nitrogens with zero attached hydrogens (tertiary/aromatic N) is 1. The Morgan fingerprint density at radius 3 is 2.81 bits per heavy atom. The van der Waals surface area contributed by atoms with E-state index in [0.717, 1.165) is 0 Å². The number of carbonyl (C=O) groups is 2. The third kappa shape index (κ3) is 3.10. The van der Waals surface area contributed by atoms with Crippen molar-refractivity contribution in [3.05, 3.63) is 0 Å². The van der Waals surface area contributed by atoms with Crippen LogP contribution in [0.3, 0.4) is 0 Å². The normalized spacial score (nSPS) is 22.6. The molecule has 0 aromatic carbocycles. The molecule has 0 aromatic rings. The highest BCUT2D eigenvalue weighted by Crippen LogP contribution is 2.06. The zero-order valence-corrected chi connectivity index (χ0v) is 9.60. The summed E-state index contributed by atoms with van der Waals surface area (Å²) in [6.07, 6.45) is 0.375. The zero-order chi connectivity index (χ0) is 12.1. The van der Waals surface area contributed by atoms with Crippen molar-refractivity contribution in [3.8, 4) is 0 Å². The number of morpholine rings is 1. The molecule has 16 heavy (non-hydrogen) atoms. The van der Waals surface area contributed by atoms with Crippen LogP contribution in [0.4, 0.5) is 4.79 Å². The van der Waals surface area contributed by atoms with Crippen LogP contribution in [0.1, 0.15) is 20.3 Å². The molecule has 1 aliphatic rings. The van der Waals surface area contributed by atoms with Crippen LogP contribution < -0.4 is 5.32 Å². The molecule has 0 spiro atoms. The highest BCUT2D eigenvalue weighted by molar-refractivity contribution is 5.82. The molecule has 6 heteroatoms. The van der Waals surface area contributed by atoms with E-state index >= 15 is 0 Å². The average Bonchev–Trinajstić information content (AvgIpc) is 2.25. The van der Waals surface area contributed by atoms with E-state index in [-0.39, 0.29) is 12.1 Å². The molecule has 92 valence electrons. The first-order valence-electron chi connectivity index (χ1n) is 5.44. The lowest BCUT2D eigenvalue weighted by atomic mass is 10.2. The molecule has 0 aromatic heterocycles. The van der Waals surface area contributed by atoms with Crippen LogP contribution in [0, 0.1) is 0 Å². The molecule has 2 amide bonds. The molecular weight excluding hydrogens is 212 g/mol. The van der Waals surface area contributed by atoms with E-state index < -0.39 is 12.0 Å². The second-order valence-electron chi connectivity index (χ2n) is 3.87. The monoisotopic (exact) mass is 230 g/mol. The van der Waals surface area contributed by atoms with Crippen molar-refractivity contribution in [2.45, 2.75) is 32.4 Å². The number of urea groups is 1. The van der Waals surface area contributed by atoms with Gasteiger partial charge >= 0.3 is 12.0 Å². The number of carbonyl (C=O) groups excluding carboxylic acids is 1. The van der Waals surface area contributed by atoms with Gasteiger partial charge in [-0.05, 0) is 13.3 Å². The molecule has 0 saturated carbocycles. The Kier molecular flexibility index (Phi) is 4.54. The number of hydrogen-bond acceptors (Lipinski definition) is 3. The molecule has 0 bridgehead atoms. The number of nitrogens with one attached hydrogen (secondary N) is 1. The molecule has 1 fully saturated rings. The van der Waals surface area contributed by atoms with Gasteiger partial charge < -0.3 is 20.1 Å². The van der Waals surface area contributed by atoms with E-state index in [1.807, 2.05) is 6.92 Å². The first kappa shape index (κ1) is 12.8. The van der Waals surface area contributed by atoms with Crippen LogP contribution in [0.25, 0.3) is 0 Å². The maximum atomic E-state index is 11.8. The van der Waals surface area contributed by atoms with Crippen molar-refractivity contribution in [2.24, 2.45) is 0 Å². The first-order valence-corrected chi connectivity index (χ1v) is 5.44. The van der Waals surface area contributed by atoms with Gasteiger partial charge in [-0.2, -0.15) is 0 Å². The van der Waals surface area contributed by atoms with Gasteiger partial charge in [-0.25, -0.2) is 9.59 Å². The standard InChI is InChI=1S/C10H18N2O4/c1-3-8(9(13)14)11-10(15)12-4-5-16-6-7(12)2/h7-8H,3-6H2,1-2H3,(H,11,15)(H,13,14). The molecule has 0 aliphatic carbocycles. The van der Waals surface area contributed by atoms with E-state index in [1.165, 1.54) is 0 Å². The van der Waals surface area contributed by atoms with Gasteiger partial charge in [0.2, 0.25) is 0 Å². The van der Waals surface area contributed by atoms with Crippen molar-refractivity contribution in [3.63, 3.8) is 0 Å². The lowest BCUT2D eigenvalue weighted by molar-refractivity contribution is -0.139. The topological polar surface area (TPSA) is 78.9 Å². The quantitative estimate of drug-likeness (QED) is 0.730. The number of carboxylic acid groups (broad SMARTS) is 1. The number of carboxylic acids is 1. The second-order valence-corrected chi connectivity index (χ2v) is 3.87. The van der Waals surface area contributed by atoms with E-state index in [1.54, 1.807) is 11.8 Å². The Morgan fingerprint density at radius 2 is 2.31 bits per heavy atom. The fourth-order valence-corrected chi connectivity index (χ4v) is 1.60. The number of rotatable bonds is 3. The molecule has 1 rings (SSSR count). The summed E-state index contributed by atoms with van der Waals surface area (Å²) in [6.45, 7) is 5.10. The largest absolute Gasteiger partial charge is 0.480 e. The van der Waals surface area contributed by atoms with Crippen LogP contribution in [0.5, 0.6) is 0 Å². The lowest BCUT2D eigenvalue weighted by Gasteiger charge is -2.33. The summed E-state index contributed by atoms with van der Waals surface area (Å²) in [7, 11) is 0.